The number of likely N-dealkylation sites (tertiary alicyclic amines) is 1. The van der Waals surface area contributed by atoms with Gasteiger partial charge in [-0.15, -0.1) is 0 Å². The number of nitrogens with two attached hydrogens (primary N) is 1. The topological polar surface area (TPSA) is 58.4 Å². The van der Waals surface area contributed by atoms with E-state index in [4.69, 9.17) is 5.73 Å². The lowest BCUT2D eigenvalue weighted by atomic mass is 10.1. The molecule has 1 saturated heterocycles. The molecule has 0 saturated carbocycles. The van der Waals surface area contributed by atoms with Crippen LogP contribution in [-0.2, 0) is 11.3 Å². The minimum absolute atomic E-state index is 0.0353. The number of nitrogens with one attached hydrogen (secondary N) is 1. The van der Waals surface area contributed by atoms with E-state index < -0.39 is 0 Å². The molecule has 1 atom stereocenters. The minimum atomic E-state index is 0.0353. The van der Waals surface area contributed by atoms with Crippen LogP contribution in [0.25, 0.3) is 0 Å². The van der Waals surface area contributed by atoms with Crippen molar-refractivity contribution in [1.82, 2.24) is 10.2 Å². The van der Waals surface area contributed by atoms with Crippen LogP contribution in [0.2, 0.25) is 0 Å². The normalized spacial score (nSPS) is 19.1. The molecule has 2 rings (SSSR count). The standard InChI is InChI=1S/C16H25N3O/c17-10-4-5-11-18-16(20)15-9-6-12-19(15)13-14-7-2-1-3-8-14/h1-3,7-8,15H,4-6,9-13,17H2,(H,18,20). The van der Waals surface area contributed by atoms with Crippen molar-refractivity contribution in [1.29, 1.82) is 0 Å². The molecule has 1 unspecified atom stereocenters. The van der Waals surface area contributed by atoms with Crippen LogP contribution in [0.15, 0.2) is 30.3 Å². The number of carbonyl (C=O) groups is 1. The Labute approximate surface area is 121 Å². The first-order chi connectivity index (χ1) is 9.81. The van der Waals surface area contributed by atoms with E-state index in [1.807, 2.05) is 18.2 Å². The van der Waals surface area contributed by atoms with Crippen molar-refractivity contribution in [2.24, 2.45) is 5.73 Å². The molecular formula is C16H25N3O. The monoisotopic (exact) mass is 275 g/mol. The number of carbonyl (C=O) groups excluding carboxylic acids is 1. The molecule has 3 N–H and O–H groups in total. The molecule has 4 nitrogen and oxygen atoms in total. The van der Waals surface area contributed by atoms with E-state index in [1.54, 1.807) is 0 Å². The average Bonchev–Trinajstić information content (AvgIpc) is 2.93. The van der Waals surface area contributed by atoms with Crippen molar-refractivity contribution in [3.8, 4) is 0 Å². The van der Waals surface area contributed by atoms with Crippen LogP contribution in [0.5, 0.6) is 0 Å². The zero-order chi connectivity index (χ0) is 14.2. The predicted molar refractivity (Wildman–Crippen MR) is 81.2 cm³/mol. The first-order valence-electron chi connectivity index (χ1n) is 7.57. The summed E-state index contributed by atoms with van der Waals surface area (Å²) in [5.74, 6) is 0.176. The second-order valence-electron chi connectivity index (χ2n) is 5.40. The molecule has 0 aliphatic carbocycles. The Balaban J connectivity index is 1.82. The zero-order valence-corrected chi connectivity index (χ0v) is 12.1. The fraction of sp³-hybridized carbons (Fsp3) is 0.562. The summed E-state index contributed by atoms with van der Waals surface area (Å²) in [6, 6.07) is 10.4. The van der Waals surface area contributed by atoms with Crippen LogP contribution in [0.4, 0.5) is 0 Å². The van der Waals surface area contributed by atoms with E-state index in [2.05, 4.69) is 22.3 Å². The van der Waals surface area contributed by atoms with Crippen LogP contribution in [0, 0.1) is 0 Å². The summed E-state index contributed by atoms with van der Waals surface area (Å²) in [5.41, 5.74) is 6.73. The smallest absolute Gasteiger partial charge is 0.237 e. The summed E-state index contributed by atoms with van der Waals surface area (Å²) in [7, 11) is 0. The summed E-state index contributed by atoms with van der Waals surface area (Å²) >= 11 is 0. The van der Waals surface area contributed by atoms with Gasteiger partial charge in [0.05, 0.1) is 6.04 Å². The zero-order valence-electron chi connectivity index (χ0n) is 12.1. The lowest BCUT2D eigenvalue weighted by Gasteiger charge is -2.23. The van der Waals surface area contributed by atoms with Gasteiger partial charge in [-0.1, -0.05) is 30.3 Å². The van der Waals surface area contributed by atoms with Crippen molar-refractivity contribution in [2.75, 3.05) is 19.6 Å². The molecule has 1 fully saturated rings. The van der Waals surface area contributed by atoms with Gasteiger partial charge in [0.1, 0.15) is 0 Å². The van der Waals surface area contributed by atoms with Crippen LogP contribution in [-0.4, -0.2) is 36.5 Å². The fourth-order valence-corrected chi connectivity index (χ4v) is 2.73. The molecule has 4 heteroatoms. The third-order valence-corrected chi connectivity index (χ3v) is 3.82. The minimum Gasteiger partial charge on any atom is -0.355 e. The van der Waals surface area contributed by atoms with Crippen LogP contribution in [0.1, 0.15) is 31.2 Å². The fourth-order valence-electron chi connectivity index (χ4n) is 2.73. The second kappa shape index (κ2) is 8.02. The molecule has 1 aromatic carbocycles. The summed E-state index contributed by atoms with van der Waals surface area (Å²) in [6.07, 6.45) is 4.01. The SMILES string of the molecule is NCCCCNC(=O)C1CCCN1Cc1ccccc1. The first kappa shape index (κ1) is 15.0. The number of rotatable bonds is 7. The number of hydrogen-bond donors (Lipinski definition) is 2. The molecule has 1 aliphatic rings. The Kier molecular flexibility index (Phi) is 6.02. The Hall–Kier alpha value is -1.39. The third kappa shape index (κ3) is 4.32. The number of unbranched alkanes of at least 4 members (excludes halogenated alkanes) is 1. The van der Waals surface area contributed by atoms with E-state index in [9.17, 15) is 4.79 Å². The quantitative estimate of drug-likeness (QED) is 0.742. The highest BCUT2D eigenvalue weighted by Gasteiger charge is 2.30. The summed E-state index contributed by atoms with van der Waals surface area (Å²) < 4.78 is 0. The van der Waals surface area contributed by atoms with Crippen LogP contribution >= 0.6 is 0 Å². The Bertz CT molecular complexity index is 407. The average molecular weight is 275 g/mol. The summed E-state index contributed by atoms with van der Waals surface area (Å²) in [5, 5.41) is 3.04. The van der Waals surface area contributed by atoms with Gasteiger partial charge in [0.25, 0.3) is 0 Å². The summed E-state index contributed by atoms with van der Waals surface area (Å²) in [6.45, 7) is 3.31. The summed E-state index contributed by atoms with van der Waals surface area (Å²) in [4.78, 5) is 14.5. The predicted octanol–water partition coefficient (Wildman–Crippen LogP) is 1.51. The van der Waals surface area contributed by atoms with Gasteiger partial charge in [0.15, 0.2) is 0 Å². The molecule has 110 valence electrons. The highest BCUT2D eigenvalue weighted by atomic mass is 16.2. The Morgan fingerprint density at radius 3 is 2.85 bits per heavy atom. The highest BCUT2D eigenvalue weighted by molar-refractivity contribution is 5.82. The molecule has 1 heterocycles. The van der Waals surface area contributed by atoms with E-state index in [0.717, 1.165) is 45.3 Å². The molecule has 1 aromatic rings. The van der Waals surface area contributed by atoms with Crippen molar-refractivity contribution < 1.29 is 4.79 Å². The van der Waals surface area contributed by atoms with E-state index in [1.165, 1.54) is 5.56 Å². The van der Waals surface area contributed by atoms with Gasteiger partial charge >= 0.3 is 0 Å². The van der Waals surface area contributed by atoms with Gasteiger partial charge in [-0.25, -0.2) is 0 Å². The van der Waals surface area contributed by atoms with Crippen molar-refractivity contribution in [3.63, 3.8) is 0 Å². The maximum Gasteiger partial charge on any atom is 0.237 e. The Morgan fingerprint density at radius 1 is 1.30 bits per heavy atom. The lowest BCUT2D eigenvalue weighted by molar-refractivity contribution is -0.125. The number of benzene rings is 1. The van der Waals surface area contributed by atoms with Crippen molar-refractivity contribution >= 4 is 5.91 Å². The van der Waals surface area contributed by atoms with Gasteiger partial charge in [-0.2, -0.15) is 0 Å². The van der Waals surface area contributed by atoms with Gasteiger partial charge in [0.2, 0.25) is 5.91 Å². The molecule has 0 aromatic heterocycles. The largest absolute Gasteiger partial charge is 0.355 e. The van der Waals surface area contributed by atoms with Crippen molar-refractivity contribution in [3.05, 3.63) is 35.9 Å². The lowest BCUT2D eigenvalue weighted by Crippen LogP contribution is -2.43. The van der Waals surface area contributed by atoms with Gasteiger partial charge in [-0.3, -0.25) is 9.69 Å². The molecular weight excluding hydrogens is 250 g/mol. The van der Waals surface area contributed by atoms with E-state index in [0.29, 0.717) is 6.54 Å². The molecule has 1 amide bonds. The van der Waals surface area contributed by atoms with Crippen LogP contribution < -0.4 is 11.1 Å². The van der Waals surface area contributed by atoms with Gasteiger partial charge in [0, 0.05) is 13.1 Å². The maximum absolute atomic E-state index is 12.2. The number of amides is 1. The first-order valence-corrected chi connectivity index (χ1v) is 7.57. The Morgan fingerprint density at radius 2 is 2.10 bits per heavy atom. The maximum atomic E-state index is 12.2. The van der Waals surface area contributed by atoms with E-state index >= 15 is 0 Å². The van der Waals surface area contributed by atoms with Crippen molar-refractivity contribution in [2.45, 2.75) is 38.3 Å². The number of hydrogen-bond acceptors (Lipinski definition) is 3. The molecule has 20 heavy (non-hydrogen) atoms. The third-order valence-electron chi connectivity index (χ3n) is 3.82. The van der Waals surface area contributed by atoms with Crippen LogP contribution in [0.3, 0.4) is 0 Å². The molecule has 0 radical (unpaired) electrons. The van der Waals surface area contributed by atoms with E-state index in [-0.39, 0.29) is 11.9 Å². The van der Waals surface area contributed by atoms with Gasteiger partial charge in [-0.05, 0) is 44.3 Å². The highest BCUT2D eigenvalue weighted by Crippen LogP contribution is 2.20. The molecule has 0 bridgehead atoms. The second-order valence-corrected chi connectivity index (χ2v) is 5.40. The molecule has 1 aliphatic heterocycles. The molecule has 0 spiro atoms. The number of nitrogens with zero attached hydrogens (tertiary/aromatic N) is 1. The van der Waals surface area contributed by atoms with Gasteiger partial charge < -0.3 is 11.1 Å².